The first-order chi connectivity index (χ1) is 9.94. The van der Waals surface area contributed by atoms with Gasteiger partial charge in [0.15, 0.2) is 0 Å². The summed E-state index contributed by atoms with van der Waals surface area (Å²) in [4.78, 5) is 15.7. The highest BCUT2D eigenvalue weighted by Crippen LogP contribution is 2.45. The van der Waals surface area contributed by atoms with Gasteiger partial charge in [-0.15, -0.1) is 0 Å². The Morgan fingerprint density at radius 3 is 2.67 bits per heavy atom. The Hall–Kier alpha value is -1.77. The van der Waals surface area contributed by atoms with Gasteiger partial charge in [0.1, 0.15) is 0 Å². The van der Waals surface area contributed by atoms with E-state index >= 15 is 0 Å². The van der Waals surface area contributed by atoms with Gasteiger partial charge in [0.05, 0.1) is 5.52 Å². The van der Waals surface area contributed by atoms with Crippen LogP contribution in [0.3, 0.4) is 0 Å². The van der Waals surface area contributed by atoms with Crippen LogP contribution in [-0.4, -0.2) is 10.9 Å². The molecule has 3 rings (SSSR count). The van der Waals surface area contributed by atoms with E-state index in [4.69, 9.17) is 0 Å². The van der Waals surface area contributed by atoms with Gasteiger partial charge in [0, 0.05) is 23.0 Å². The van der Waals surface area contributed by atoms with Gasteiger partial charge in [-0.25, -0.2) is 0 Å². The van der Waals surface area contributed by atoms with E-state index in [1.807, 2.05) is 6.92 Å². The van der Waals surface area contributed by atoms with Gasteiger partial charge in [-0.1, -0.05) is 25.5 Å². The van der Waals surface area contributed by atoms with Crippen molar-refractivity contribution in [3.05, 3.63) is 34.5 Å². The number of carbonyl (C=O) groups is 1. The third kappa shape index (κ3) is 2.45. The molecule has 1 saturated carbocycles. The predicted octanol–water partition coefficient (Wildman–Crippen LogP) is 3.76. The van der Waals surface area contributed by atoms with Crippen LogP contribution < -0.4 is 5.32 Å². The van der Waals surface area contributed by atoms with Gasteiger partial charge < -0.3 is 10.3 Å². The van der Waals surface area contributed by atoms with Crippen molar-refractivity contribution in [3.8, 4) is 0 Å². The standard InChI is InChI=1S/C18H24N2O/c1-5-15-12(3)14-9-11(2)8-13(16(14)20-15)10-19-17(21)18(4)6-7-18/h8-9,20H,5-7,10H2,1-4H3,(H,19,21). The maximum atomic E-state index is 12.1. The molecule has 0 saturated heterocycles. The lowest BCUT2D eigenvalue weighted by Crippen LogP contribution is -2.29. The summed E-state index contributed by atoms with van der Waals surface area (Å²) in [5, 5.41) is 4.39. The van der Waals surface area contributed by atoms with Crippen LogP contribution in [0.4, 0.5) is 0 Å². The van der Waals surface area contributed by atoms with Crippen molar-refractivity contribution >= 4 is 16.8 Å². The molecule has 1 aliphatic carbocycles. The van der Waals surface area contributed by atoms with Gasteiger partial charge in [-0.05, 0) is 50.3 Å². The monoisotopic (exact) mass is 284 g/mol. The second-order valence-electron chi connectivity index (χ2n) is 6.67. The lowest BCUT2D eigenvalue weighted by Gasteiger charge is -2.11. The molecule has 1 heterocycles. The number of carbonyl (C=O) groups excluding carboxylic acids is 1. The van der Waals surface area contributed by atoms with Crippen LogP contribution in [0.2, 0.25) is 0 Å². The molecule has 0 spiro atoms. The maximum Gasteiger partial charge on any atom is 0.226 e. The fourth-order valence-corrected chi connectivity index (χ4v) is 3.01. The Labute approximate surface area is 126 Å². The van der Waals surface area contributed by atoms with Gasteiger partial charge >= 0.3 is 0 Å². The second-order valence-corrected chi connectivity index (χ2v) is 6.67. The molecule has 0 aliphatic heterocycles. The minimum absolute atomic E-state index is 0.108. The third-order valence-corrected chi connectivity index (χ3v) is 4.84. The molecule has 21 heavy (non-hydrogen) atoms. The molecule has 112 valence electrons. The van der Waals surface area contributed by atoms with Crippen LogP contribution in [0.1, 0.15) is 49.1 Å². The summed E-state index contributed by atoms with van der Waals surface area (Å²) < 4.78 is 0. The summed E-state index contributed by atoms with van der Waals surface area (Å²) in [6.45, 7) is 9.10. The fraction of sp³-hybridized carbons (Fsp3) is 0.500. The average Bonchev–Trinajstić information content (AvgIpc) is 3.13. The number of nitrogens with one attached hydrogen (secondary N) is 2. The molecule has 2 aromatic rings. The number of benzene rings is 1. The molecule has 1 fully saturated rings. The molecule has 1 aromatic carbocycles. The summed E-state index contributed by atoms with van der Waals surface area (Å²) in [5.41, 5.74) is 6.12. The Morgan fingerprint density at radius 1 is 1.33 bits per heavy atom. The number of rotatable bonds is 4. The Bertz CT molecular complexity index is 708. The highest BCUT2D eigenvalue weighted by molar-refractivity contribution is 5.89. The molecule has 3 nitrogen and oxygen atoms in total. The van der Waals surface area contributed by atoms with Gasteiger partial charge in [-0.2, -0.15) is 0 Å². The van der Waals surface area contributed by atoms with Crippen molar-refractivity contribution in [3.63, 3.8) is 0 Å². The van der Waals surface area contributed by atoms with Gasteiger partial charge in [0.25, 0.3) is 0 Å². The summed E-state index contributed by atoms with van der Waals surface area (Å²) in [7, 11) is 0. The zero-order chi connectivity index (χ0) is 15.2. The molecule has 2 N–H and O–H groups in total. The largest absolute Gasteiger partial charge is 0.358 e. The van der Waals surface area contributed by atoms with E-state index in [0.29, 0.717) is 6.54 Å². The first-order valence-electron chi connectivity index (χ1n) is 7.83. The summed E-state index contributed by atoms with van der Waals surface area (Å²) >= 11 is 0. The number of aromatic nitrogens is 1. The molecule has 1 amide bonds. The van der Waals surface area contributed by atoms with Crippen LogP contribution in [0.25, 0.3) is 10.9 Å². The van der Waals surface area contributed by atoms with Crippen LogP contribution in [0.5, 0.6) is 0 Å². The number of hydrogen-bond donors (Lipinski definition) is 2. The van der Waals surface area contributed by atoms with Crippen LogP contribution in [-0.2, 0) is 17.8 Å². The van der Waals surface area contributed by atoms with Crippen LogP contribution in [0.15, 0.2) is 12.1 Å². The number of amides is 1. The summed E-state index contributed by atoms with van der Waals surface area (Å²) in [5.74, 6) is 0.191. The van der Waals surface area contributed by atoms with Crippen molar-refractivity contribution in [1.82, 2.24) is 10.3 Å². The van der Waals surface area contributed by atoms with E-state index < -0.39 is 0 Å². The molecule has 0 radical (unpaired) electrons. The third-order valence-electron chi connectivity index (χ3n) is 4.84. The molecule has 1 aromatic heterocycles. The van der Waals surface area contributed by atoms with Crippen LogP contribution in [0, 0.1) is 19.3 Å². The van der Waals surface area contributed by atoms with E-state index in [1.54, 1.807) is 0 Å². The first-order valence-corrected chi connectivity index (χ1v) is 7.83. The molecule has 0 bridgehead atoms. The van der Waals surface area contributed by atoms with Crippen LogP contribution >= 0.6 is 0 Å². The van der Waals surface area contributed by atoms with E-state index in [2.05, 4.69) is 43.2 Å². The van der Waals surface area contributed by atoms with Crippen molar-refractivity contribution in [2.24, 2.45) is 5.41 Å². The number of H-pyrrole nitrogens is 1. The molecule has 1 aliphatic rings. The normalized spacial score (nSPS) is 16.2. The highest BCUT2D eigenvalue weighted by Gasteiger charge is 2.44. The van der Waals surface area contributed by atoms with Crippen molar-refractivity contribution < 1.29 is 4.79 Å². The molecular weight excluding hydrogens is 260 g/mol. The summed E-state index contributed by atoms with van der Waals surface area (Å²) in [6.07, 6.45) is 3.04. The zero-order valence-electron chi connectivity index (χ0n) is 13.4. The highest BCUT2D eigenvalue weighted by atomic mass is 16.2. The van der Waals surface area contributed by atoms with Crippen molar-refractivity contribution in [2.45, 2.75) is 53.5 Å². The molecule has 3 heteroatoms. The second kappa shape index (κ2) is 4.90. The number of fused-ring (bicyclic) bond motifs is 1. The molecular formula is C18H24N2O. The SMILES string of the molecule is CCc1[nH]c2c(CNC(=O)C3(C)CC3)cc(C)cc2c1C. The number of hydrogen-bond acceptors (Lipinski definition) is 1. The van der Waals surface area contributed by atoms with E-state index in [-0.39, 0.29) is 11.3 Å². The van der Waals surface area contributed by atoms with Crippen molar-refractivity contribution in [2.75, 3.05) is 0 Å². The minimum atomic E-state index is -0.108. The maximum absolute atomic E-state index is 12.1. The van der Waals surface area contributed by atoms with E-state index in [0.717, 1.165) is 19.3 Å². The number of aromatic amines is 1. The molecule has 0 unspecified atom stereocenters. The Balaban J connectivity index is 1.92. The lowest BCUT2D eigenvalue weighted by molar-refractivity contribution is -0.125. The average molecular weight is 284 g/mol. The van der Waals surface area contributed by atoms with Gasteiger partial charge in [-0.3, -0.25) is 4.79 Å². The lowest BCUT2D eigenvalue weighted by atomic mass is 10.0. The predicted molar refractivity (Wildman–Crippen MR) is 86.3 cm³/mol. The van der Waals surface area contributed by atoms with E-state index in [9.17, 15) is 4.79 Å². The number of aryl methyl sites for hydroxylation is 3. The quantitative estimate of drug-likeness (QED) is 0.882. The Kier molecular flexibility index (Phi) is 3.31. The van der Waals surface area contributed by atoms with Crippen molar-refractivity contribution in [1.29, 1.82) is 0 Å². The Morgan fingerprint density at radius 2 is 2.05 bits per heavy atom. The minimum Gasteiger partial charge on any atom is -0.358 e. The van der Waals surface area contributed by atoms with E-state index in [1.165, 1.54) is 33.3 Å². The smallest absolute Gasteiger partial charge is 0.226 e. The summed E-state index contributed by atoms with van der Waals surface area (Å²) in [6, 6.07) is 4.40. The zero-order valence-corrected chi connectivity index (χ0v) is 13.4. The first kappa shape index (κ1) is 14.2. The fourth-order valence-electron chi connectivity index (χ4n) is 3.01. The molecule has 0 atom stereocenters. The van der Waals surface area contributed by atoms with Gasteiger partial charge in [0.2, 0.25) is 5.91 Å². The topological polar surface area (TPSA) is 44.9 Å².